The Morgan fingerprint density at radius 3 is 2.56 bits per heavy atom. The normalized spacial score (nSPS) is 10.8. The van der Waals surface area contributed by atoms with E-state index in [9.17, 15) is 0 Å². The van der Waals surface area contributed by atoms with Crippen LogP contribution in [-0.4, -0.2) is 22.0 Å². The van der Waals surface area contributed by atoms with Crippen molar-refractivity contribution in [2.24, 2.45) is 0 Å². The predicted octanol–water partition coefficient (Wildman–Crippen LogP) is 2.98. The van der Waals surface area contributed by atoms with Crippen molar-refractivity contribution in [1.82, 2.24) is 15.0 Å². The van der Waals surface area contributed by atoms with Crippen LogP contribution in [0.5, 0.6) is 0 Å². The second-order valence-corrected chi connectivity index (χ2v) is 4.22. The lowest BCUT2D eigenvalue weighted by Crippen LogP contribution is -1.95. The van der Waals surface area contributed by atoms with Crippen LogP contribution < -0.4 is 5.32 Å². The van der Waals surface area contributed by atoms with Gasteiger partial charge in [0, 0.05) is 47.2 Å². The van der Waals surface area contributed by atoms with E-state index in [4.69, 9.17) is 0 Å². The summed E-state index contributed by atoms with van der Waals surface area (Å²) in [6.45, 7) is 2.07. The van der Waals surface area contributed by atoms with Crippen molar-refractivity contribution in [2.45, 2.75) is 6.92 Å². The molecule has 90 valence electrons. The maximum Gasteiger partial charge on any atom is 0.222 e. The molecule has 2 heterocycles. The summed E-state index contributed by atoms with van der Waals surface area (Å²) in [5, 5.41) is 4.13. The average Bonchev–Trinajstić information content (AvgIpc) is 2.75. The molecule has 2 aromatic heterocycles. The molecule has 0 aliphatic rings. The van der Waals surface area contributed by atoms with E-state index in [1.165, 1.54) is 10.9 Å². The van der Waals surface area contributed by atoms with E-state index in [1.54, 1.807) is 0 Å². The van der Waals surface area contributed by atoms with Gasteiger partial charge in [0.15, 0.2) is 0 Å². The van der Waals surface area contributed by atoms with E-state index >= 15 is 0 Å². The first-order valence-electron chi connectivity index (χ1n) is 5.87. The Labute approximate surface area is 105 Å². The van der Waals surface area contributed by atoms with Crippen molar-refractivity contribution < 1.29 is 0 Å². The number of anilines is 1. The number of benzene rings is 1. The molecule has 3 aromatic rings. The number of aromatic nitrogens is 3. The minimum Gasteiger partial charge on any atom is -0.358 e. The minimum absolute atomic E-state index is 0.635. The monoisotopic (exact) mass is 238 g/mol. The van der Waals surface area contributed by atoms with E-state index in [-0.39, 0.29) is 0 Å². The van der Waals surface area contributed by atoms with Gasteiger partial charge in [-0.3, -0.25) is 0 Å². The SMILES string of the molecule is CNc1ncc(-c2c(C)[nH]c3ccccc23)cn1. The third kappa shape index (κ3) is 1.62. The molecule has 0 saturated heterocycles. The number of H-pyrrole nitrogens is 1. The molecule has 0 amide bonds. The first-order chi connectivity index (χ1) is 8.79. The fraction of sp³-hybridized carbons (Fsp3) is 0.143. The highest BCUT2D eigenvalue weighted by atomic mass is 15.1. The smallest absolute Gasteiger partial charge is 0.222 e. The van der Waals surface area contributed by atoms with Crippen molar-refractivity contribution in [3.05, 3.63) is 42.4 Å². The van der Waals surface area contributed by atoms with E-state index in [0.717, 1.165) is 16.8 Å². The van der Waals surface area contributed by atoms with Gasteiger partial charge in [0.1, 0.15) is 0 Å². The van der Waals surface area contributed by atoms with Crippen molar-refractivity contribution in [1.29, 1.82) is 0 Å². The molecule has 0 spiro atoms. The van der Waals surface area contributed by atoms with Crippen LogP contribution in [0.4, 0.5) is 5.95 Å². The third-order valence-corrected chi connectivity index (χ3v) is 3.06. The number of rotatable bonds is 2. The quantitative estimate of drug-likeness (QED) is 0.721. The Bertz CT molecular complexity index is 683. The number of nitrogens with one attached hydrogen (secondary N) is 2. The maximum atomic E-state index is 4.26. The fourth-order valence-electron chi connectivity index (χ4n) is 2.23. The zero-order chi connectivity index (χ0) is 12.5. The molecule has 0 atom stereocenters. The average molecular weight is 238 g/mol. The largest absolute Gasteiger partial charge is 0.358 e. The van der Waals surface area contributed by atoms with E-state index < -0.39 is 0 Å². The van der Waals surface area contributed by atoms with Crippen LogP contribution in [0.25, 0.3) is 22.0 Å². The van der Waals surface area contributed by atoms with Crippen molar-refractivity contribution in [2.75, 3.05) is 12.4 Å². The summed E-state index contributed by atoms with van der Waals surface area (Å²) in [7, 11) is 1.81. The number of hydrogen-bond acceptors (Lipinski definition) is 3. The first kappa shape index (κ1) is 10.8. The van der Waals surface area contributed by atoms with E-state index in [2.05, 4.69) is 39.3 Å². The molecule has 0 fully saturated rings. The van der Waals surface area contributed by atoms with Crippen molar-refractivity contribution in [3.8, 4) is 11.1 Å². The van der Waals surface area contributed by atoms with Crippen LogP contribution in [0, 0.1) is 6.92 Å². The molecular formula is C14H14N4. The molecule has 0 saturated carbocycles. The lowest BCUT2D eigenvalue weighted by atomic mass is 10.1. The van der Waals surface area contributed by atoms with Crippen LogP contribution in [-0.2, 0) is 0 Å². The summed E-state index contributed by atoms with van der Waals surface area (Å²) in [6, 6.07) is 8.26. The number of aryl methyl sites for hydroxylation is 1. The Hall–Kier alpha value is -2.36. The summed E-state index contributed by atoms with van der Waals surface area (Å²) in [4.78, 5) is 11.9. The molecule has 0 aliphatic carbocycles. The highest BCUT2D eigenvalue weighted by molar-refractivity contribution is 5.97. The molecule has 1 aromatic carbocycles. The summed E-state index contributed by atoms with van der Waals surface area (Å²) >= 11 is 0. The second kappa shape index (κ2) is 4.14. The van der Waals surface area contributed by atoms with Gasteiger partial charge in [-0.2, -0.15) is 0 Å². The zero-order valence-corrected chi connectivity index (χ0v) is 10.4. The van der Waals surface area contributed by atoms with Gasteiger partial charge in [0.25, 0.3) is 0 Å². The topological polar surface area (TPSA) is 53.6 Å². The zero-order valence-electron chi connectivity index (χ0n) is 10.4. The lowest BCUT2D eigenvalue weighted by molar-refractivity contribution is 1.15. The van der Waals surface area contributed by atoms with Crippen molar-refractivity contribution >= 4 is 16.9 Å². The van der Waals surface area contributed by atoms with Gasteiger partial charge in [0.2, 0.25) is 5.95 Å². The summed E-state index contributed by atoms with van der Waals surface area (Å²) in [5.74, 6) is 0.635. The molecule has 3 rings (SSSR count). The van der Waals surface area contributed by atoms with Gasteiger partial charge < -0.3 is 10.3 Å². The third-order valence-electron chi connectivity index (χ3n) is 3.06. The van der Waals surface area contributed by atoms with Crippen molar-refractivity contribution in [3.63, 3.8) is 0 Å². The highest BCUT2D eigenvalue weighted by Gasteiger charge is 2.10. The Kier molecular flexibility index (Phi) is 2.48. The summed E-state index contributed by atoms with van der Waals surface area (Å²) < 4.78 is 0. The number of nitrogens with zero attached hydrogens (tertiary/aromatic N) is 2. The minimum atomic E-state index is 0.635. The van der Waals surface area contributed by atoms with Crippen LogP contribution >= 0.6 is 0 Å². The fourth-order valence-corrected chi connectivity index (χ4v) is 2.23. The van der Waals surface area contributed by atoms with Gasteiger partial charge in [-0.1, -0.05) is 18.2 Å². The van der Waals surface area contributed by atoms with Gasteiger partial charge in [-0.25, -0.2) is 9.97 Å². The second-order valence-electron chi connectivity index (χ2n) is 4.22. The molecule has 18 heavy (non-hydrogen) atoms. The van der Waals surface area contributed by atoms with Gasteiger partial charge in [-0.15, -0.1) is 0 Å². The first-order valence-corrected chi connectivity index (χ1v) is 5.87. The maximum absolute atomic E-state index is 4.26. The standard InChI is InChI=1S/C14H14N4/c1-9-13(10-7-16-14(15-2)17-8-10)11-5-3-4-6-12(11)18-9/h3-8,18H,1-2H3,(H,15,16,17). The number of para-hydroxylation sites is 1. The lowest BCUT2D eigenvalue weighted by Gasteiger charge is -2.02. The Morgan fingerprint density at radius 1 is 1.11 bits per heavy atom. The molecule has 2 N–H and O–H groups in total. The van der Waals surface area contributed by atoms with Gasteiger partial charge >= 0.3 is 0 Å². The van der Waals surface area contributed by atoms with E-state index in [1.807, 2.05) is 31.6 Å². The number of aromatic amines is 1. The van der Waals surface area contributed by atoms with Crippen LogP contribution in [0.1, 0.15) is 5.69 Å². The molecule has 4 nitrogen and oxygen atoms in total. The molecule has 0 aliphatic heterocycles. The number of fused-ring (bicyclic) bond motifs is 1. The van der Waals surface area contributed by atoms with Gasteiger partial charge in [0.05, 0.1) is 0 Å². The van der Waals surface area contributed by atoms with Crippen LogP contribution in [0.15, 0.2) is 36.7 Å². The molecule has 0 unspecified atom stereocenters. The van der Waals surface area contributed by atoms with Gasteiger partial charge in [-0.05, 0) is 13.0 Å². The van der Waals surface area contributed by atoms with Crippen LogP contribution in [0.2, 0.25) is 0 Å². The van der Waals surface area contributed by atoms with Crippen LogP contribution in [0.3, 0.4) is 0 Å². The molecule has 4 heteroatoms. The van der Waals surface area contributed by atoms with E-state index in [0.29, 0.717) is 5.95 Å². The molecule has 0 radical (unpaired) electrons. The predicted molar refractivity (Wildman–Crippen MR) is 73.6 cm³/mol. The number of hydrogen-bond donors (Lipinski definition) is 2. The Morgan fingerprint density at radius 2 is 1.83 bits per heavy atom. The molecular weight excluding hydrogens is 224 g/mol. The summed E-state index contributed by atoms with van der Waals surface area (Å²) in [6.07, 6.45) is 3.70. The summed E-state index contributed by atoms with van der Waals surface area (Å²) in [5.41, 5.74) is 4.48. The highest BCUT2D eigenvalue weighted by Crippen LogP contribution is 2.31. The Balaban J connectivity index is 2.20. The molecule has 0 bridgehead atoms.